The second-order valence-corrected chi connectivity index (χ2v) is 3.37. The Morgan fingerprint density at radius 1 is 1.00 bits per heavy atom. The van der Waals surface area contributed by atoms with Crippen LogP contribution >= 0.6 is 0 Å². The minimum atomic E-state index is 0.712. The smallest absolute Gasteiger partial charge is 0.0621 e. The van der Waals surface area contributed by atoms with Crippen LogP contribution in [-0.2, 0) is 0 Å². The Kier molecular flexibility index (Phi) is 10.6. The largest absolute Gasteiger partial charge is 0.198 e. The number of rotatable bonds is 8. The van der Waals surface area contributed by atoms with Crippen molar-refractivity contribution in [3.63, 3.8) is 0 Å². The minimum Gasteiger partial charge on any atom is -0.198 e. The monoisotopic (exact) mass is 179 g/mol. The van der Waals surface area contributed by atoms with Crippen molar-refractivity contribution < 1.29 is 0 Å². The van der Waals surface area contributed by atoms with Crippen molar-refractivity contribution in [2.45, 2.75) is 58.3 Å². The lowest BCUT2D eigenvalue weighted by atomic mass is 10.1. The van der Waals surface area contributed by atoms with Gasteiger partial charge in [-0.15, -0.1) is 0 Å². The van der Waals surface area contributed by atoms with Gasteiger partial charge in [-0.1, -0.05) is 31.9 Å². The Labute approximate surface area is 82.5 Å². The molecule has 0 saturated carbocycles. The zero-order chi connectivity index (χ0) is 9.78. The van der Waals surface area contributed by atoms with Gasteiger partial charge < -0.3 is 0 Å². The predicted octanol–water partition coefficient (Wildman–Crippen LogP) is 4.21. The molecule has 0 atom stereocenters. The zero-order valence-electron chi connectivity index (χ0n) is 8.76. The number of unbranched alkanes of at least 4 members (excludes halogenated alkanes) is 6. The SMILES string of the molecule is CCCCC/C=C/CCCCC#N. The molecule has 0 aromatic heterocycles. The van der Waals surface area contributed by atoms with Gasteiger partial charge in [0.15, 0.2) is 0 Å². The molecule has 0 aromatic carbocycles. The molecule has 0 aromatic rings. The number of allylic oxidation sites excluding steroid dienone is 2. The lowest BCUT2D eigenvalue weighted by Gasteiger charge is -1.92. The molecule has 0 aliphatic heterocycles. The van der Waals surface area contributed by atoms with Crippen LogP contribution in [0.25, 0.3) is 0 Å². The maximum absolute atomic E-state index is 8.30. The van der Waals surface area contributed by atoms with E-state index in [-0.39, 0.29) is 0 Å². The number of hydrogen-bond donors (Lipinski definition) is 0. The molecule has 0 aliphatic rings. The van der Waals surface area contributed by atoms with Gasteiger partial charge in [0.25, 0.3) is 0 Å². The van der Waals surface area contributed by atoms with Crippen molar-refractivity contribution in [2.75, 3.05) is 0 Å². The molecule has 74 valence electrons. The van der Waals surface area contributed by atoms with Crippen LogP contribution in [0.4, 0.5) is 0 Å². The molecule has 0 amide bonds. The third-order valence-corrected chi connectivity index (χ3v) is 2.05. The fourth-order valence-electron chi connectivity index (χ4n) is 1.21. The van der Waals surface area contributed by atoms with Crippen LogP contribution in [-0.4, -0.2) is 0 Å². The second kappa shape index (κ2) is 11.2. The maximum Gasteiger partial charge on any atom is 0.0621 e. The van der Waals surface area contributed by atoms with Gasteiger partial charge in [0, 0.05) is 6.42 Å². The average Bonchev–Trinajstić information content (AvgIpc) is 2.16. The third-order valence-electron chi connectivity index (χ3n) is 2.05. The lowest BCUT2D eigenvalue weighted by Crippen LogP contribution is -1.73. The normalized spacial score (nSPS) is 10.5. The summed E-state index contributed by atoms with van der Waals surface area (Å²) in [4.78, 5) is 0. The highest BCUT2D eigenvalue weighted by atomic mass is 14.2. The Hall–Kier alpha value is -0.770. The minimum absolute atomic E-state index is 0.712. The summed E-state index contributed by atoms with van der Waals surface area (Å²) in [5.74, 6) is 0. The van der Waals surface area contributed by atoms with Crippen molar-refractivity contribution >= 4 is 0 Å². The predicted molar refractivity (Wildman–Crippen MR) is 57.4 cm³/mol. The average molecular weight is 179 g/mol. The van der Waals surface area contributed by atoms with Crippen molar-refractivity contribution in [1.82, 2.24) is 0 Å². The van der Waals surface area contributed by atoms with Gasteiger partial charge in [-0.05, 0) is 32.1 Å². The first-order chi connectivity index (χ1) is 6.41. The van der Waals surface area contributed by atoms with Crippen LogP contribution in [0.2, 0.25) is 0 Å². The molecule has 0 saturated heterocycles. The molecular weight excluding hydrogens is 158 g/mol. The fraction of sp³-hybridized carbons (Fsp3) is 0.750. The molecule has 0 fully saturated rings. The molecule has 0 spiro atoms. The van der Waals surface area contributed by atoms with E-state index in [4.69, 9.17) is 5.26 Å². The van der Waals surface area contributed by atoms with E-state index in [1.807, 2.05) is 0 Å². The quantitative estimate of drug-likeness (QED) is 0.404. The third kappa shape index (κ3) is 11.2. The first-order valence-electron chi connectivity index (χ1n) is 5.43. The van der Waals surface area contributed by atoms with E-state index in [0.29, 0.717) is 6.42 Å². The van der Waals surface area contributed by atoms with Crippen LogP contribution in [0, 0.1) is 11.3 Å². The fourth-order valence-corrected chi connectivity index (χ4v) is 1.21. The summed E-state index contributed by atoms with van der Waals surface area (Å²) in [6.45, 7) is 2.23. The van der Waals surface area contributed by atoms with Gasteiger partial charge in [-0.25, -0.2) is 0 Å². The molecule has 13 heavy (non-hydrogen) atoms. The topological polar surface area (TPSA) is 23.8 Å². The van der Waals surface area contributed by atoms with E-state index in [2.05, 4.69) is 25.1 Å². The van der Waals surface area contributed by atoms with Gasteiger partial charge in [0.1, 0.15) is 0 Å². The zero-order valence-corrected chi connectivity index (χ0v) is 8.76. The summed E-state index contributed by atoms with van der Waals surface area (Å²) in [6.07, 6.45) is 13.8. The van der Waals surface area contributed by atoms with Crippen LogP contribution in [0.5, 0.6) is 0 Å². The van der Waals surface area contributed by atoms with Gasteiger partial charge >= 0.3 is 0 Å². The summed E-state index contributed by atoms with van der Waals surface area (Å²) in [7, 11) is 0. The maximum atomic E-state index is 8.30. The summed E-state index contributed by atoms with van der Waals surface area (Å²) in [6, 6.07) is 2.16. The Morgan fingerprint density at radius 2 is 1.62 bits per heavy atom. The number of hydrogen-bond acceptors (Lipinski definition) is 1. The van der Waals surface area contributed by atoms with Gasteiger partial charge in [0.05, 0.1) is 6.07 Å². The van der Waals surface area contributed by atoms with Crippen molar-refractivity contribution in [3.8, 4) is 6.07 Å². The van der Waals surface area contributed by atoms with E-state index in [9.17, 15) is 0 Å². The Morgan fingerprint density at radius 3 is 2.15 bits per heavy atom. The first kappa shape index (κ1) is 12.2. The van der Waals surface area contributed by atoms with E-state index < -0.39 is 0 Å². The van der Waals surface area contributed by atoms with E-state index >= 15 is 0 Å². The van der Waals surface area contributed by atoms with Crippen LogP contribution < -0.4 is 0 Å². The van der Waals surface area contributed by atoms with Crippen LogP contribution in [0.3, 0.4) is 0 Å². The summed E-state index contributed by atoms with van der Waals surface area (Å²) in [5, 5.41) is 8.30. The highest BCUT2D eigenvalue weighted by molar-refractivity contribution is 4.81. The van der Waals surface area contributed by atoms with Gasteiger partial charge in [0.2, 0.25) is 0 Å². The molecule has 1 heteroatoms. The number of nitrogens with zero attached hydrogens (tertiary/aromatic N) is 1. The van der Waals surface area contributed by atoms with Gasteiger partial charge in [-0.3, -0.25) is 0 Å². The molecule has 0 aliphatic carbocycles. The Bertz CT molecular complexity index is 153. The molecular formula is C12H21N. The Balaban J connectivity index is 3.00. The molecule has 0 radical (unpaired) electrons. The standard InChI is InChI=1S/C12H21N/c1-2-3-4-5-6-7-8-9-10-11-12-13/h6-7H,2-5,8-11H2,1H3/b7-6+. The number of nitriles is 1. The summed E-state index contributed by atoms with van der Waals surface area (Å²) < 4.78 is 0. The van der Waals surface area contributed by atoms with E-state index in [1.165, 1.54) is 25.7 Å². The second-order valence-electron chi connectivity index (χ2n) is 3.37. The highest BCUT2D eigenvalue weighted by Gasteiger charge is 1.84. The molecule has 0 heterocycles. The molecule has 0 N–H and O–H groups in total. The van der Waals surface area contributed by atoms with E-state index in [1.54, 1.807) is 0 Å². The van der Waals surface area contributed by atoms with E-state index in [0.717, 1.165) is 19.3 Å². The van der Waals surface area contributed by atoms with Crippen LogP contribution in [0.15, 0.2) is 12.2 Å². The van der Waals surface area contributed by atoms with Gasteiger partial charge in [-0.2, -0.15) is 5.26 Å². The molecule has 1 nitrogen and oxygen atoms in total. The summed E-state index contributed by atoms with van der Waals surface area (Å²) >= 11 is 0. The lowest BCUT2D eigenvalue weighted by molar-refractivity contribution is 0.724. The first-order valence-corrected chi connectivity index (χ1v) is 5.43. The molecule has 0 unspecified atom stereocenters. The van der Waals surface area contributed by atoms with Crippen LogP contribution in [0.1, 0.15) is 58.3 Å². The van der Waals surface area contributed by atoms with Crippen molar-refractivity contribution in [2.24, 2.45) is 0 Å². The molecule has 0 rings (SSSR count). The van der Waals surface area contributed by atoms with Crippen molar-refractivity contribution in [3.05, 3.63) is 12.2 Å². The van der Waals surface area contributed by atoms with Crippen molar-refractivity contribution in [1.29, 1.82) is 5.26 Å². The summed E-state index contributed by atoms with van der Waals surface area (Å²) in [5.41, 5.74) is 0. The highest BCUT2D eigenvalue weighted by Crippen LogP contribution is 2.03. The molecule has 0 bridgehead atoms.